The van der Waals surface area contributed by atoms with E-state index in [1.165, 1.54) is 25.2 Å². The number of nitro benzene ring substituents is 1. The van der Waals surface area contributed by atoms with Crippen molar-refractivity contribution in [2.45, 2.75) is 31.4 Å². The first-order valence-corrected chi connectivity index (χ1v) is 6.44. The predicted molar refractivity (Wildman–Crippen MR) is 72.7 cm³/mol. The molecule has 0 aromatic heterocycles. The molecule has 3 N–H and O–H groups in total. The van der Waals surface area contributed by atoms with Gasteiger partial charge >= 0.3 is 5.69 Å². The molecule has 1 aromatic carbocycles. The highest BCUT2D eigenvalue weighted by Gasteiger charge is 2.26. The molecule has 0 bridgehead atoms. The van der Waals surface area contributed by atoms with Gasteiger partial charge in [0.15, 0.2) is 5.75 Å². The molecule has 108 valence electrons. The Kier molecular flexibility index (Phi) is 4.19. The average molecular weight is 279 g/mol. The summed E-state index contributed by atoms with van der Waals surface area (Å²) in [5.74, 6) is -0.190. The number of nitrogens with zero attached hydrogens (tertiary/aromatic N) is 1. The van der Waals surface area contributed by atoms with Crippen LogP contribution in [-0.2, 0) is 0 Å². The van der Waals surface area contributed by atoms with Crippen LogP contribution in [0, 0.1) is 10.1 Å². The zero-order chi connectivity index (χ0) is 14.7. The smallest absolute Gasteiger partial charge is 0.311 e. The van der Waals surface area contributed by atoms with Crippen LogP contribution in [0.5, 0.6) is 5.75 Å². The van der Waals surface area contributed by atoms with Gasteiger partial charge in [-0.3, -0.25) is 14.9 Å². The number of benzene rings is 1. The number of rotatable bonds is 4. The maximum atomic E-state index is 11.5. The molecule has 20 heavy (non-hydrogen) atoms. The Morgan fingerprint density at radius 2 is 2.25 bits per heavy atom. The number of nitro groups is 1. The SMILES string of the molecule is CNC(=O)c1ccc(OC2CCC(N)C2)c([N+](=O)[O-])c1. The van der Waals surface area contributed by atoms with E-state index in [0.717, 1.165) is 12.8 Å². The zero-order valence-electron chi connectivity index (χ0n) is 11.2. The maximum Gasteiger partial charge on any atom is 0.311 e. The molecular weight excluding hydrogens is 262 g/mol. The van der Waals surface area contributed by atoms with E-state index in [-0.39, 0.29) is 35.1 Å². The standard InChI is InChI=1S/C13H17N3O4/c1-15-13(17)8-2-5-12(11(6-8)16(18)19)20-10-4-3-9(14)7-10/h2,5-6,9-10H,3-4,7,14H2,1H3,(H,15,17). The van der Waals surface area contributed by atoms with E-state index in [1.54, 1.807) is 0 Å². The highest BCUT2D eigenvalue weighted by Crippen LogP contribution is 2.32. The van der Waals surface area contributed by atoms with E-state index in [1.807, 2.05) is 0 Å². The molecular formula is C13H17N3O4. The van der Waals surface area contributed by atoms with Gasteiger partial charge in [0.1, 0.15) is 6.10 Å². The number of nitrogens with one attached hydrogen (secondary N) is 1. The maximum absolute atomic E-state index is 11.5. The van der Waals surface area contributed by atoms with Crippen LogP contribution < -0.4 is 15.8 Å². The molecule has 2 rings (SSSR count). The van der Waals surface area contributed by atoms with Crippen molar-refractivity contribution in [1.29, 1.82) is 0 Å². The number of carbonyl (C=O) groups is 1. The number of hydrogen-bond acceptors (Lipinski definition) is 5. The van der Waals surface area contributed by atoms with Crippen LogP contribution in [0.1, 0.15) is 29.6 Å². The number of carbonyl (C=O) groups excluding carboxylic acids is 1. The molecule has 1 amide bonds. The minimum atomic E-state index is -0.545. The lowest BCUT2D eigenvalue weighted by Crippen LogP contribution is -2.20. The lowest BCUT2D eigenvalue weighted by Gasteiger charge is -2.13. The van der Waals surface area contributed by atoms with Crippen molar-refractivity contribution in [2.24, 2.45) is 5.73 Å². The van der Waals surface area contributed by atoms with Crippen LogP contribution in [0.2, 0.25) is 0 Å². The molecule has 2 unspecified atom stereocenters. The third-order valence-electron chi connectivity index (χ3n) is 3.36. The second-order valence-electron chi connectivity index (χ2n) is 4.83. The average Bonchev–Trinajstić information content (AvgIpc) is 2.83. The molecule has 1 aliphatic rings. The Morgan fingerprint density at radius 3 is 2.80 bits per heavy atom. The van der Waals surface area contributed by atoms with E-state index in [9.17, 15) is 14.9 Å². The fourth-order valence-electron chi connectivity index (χ4n) is 2.31. The summed E-state index contributed by atoms with van der Waals surface area (Å²) < 4.78 is 5.65. The summed E-state index contributed by atoms with van der Waals surface area (Å²) in [6.07, 6.45) is 2.23. The Labute approximate surface area is 116 Å². The lowest BCUT2D eigenvalue weighted by molar-refractivity contribution is -0.386. The number of nitrogens with two attached hydrogens (primary N) is 1. The van der Waals surface area contributed by atoms with Gasteiger partial charge in [0, 0.05) is 24.7 Å². The summed E-state index contributed by atoms with van der Waals surface area (Å²) in [7, 11) is 1.47. The normalized spacial score (nSPS) is 21.5. The fraction of sp³-hybridized carbons (Fsp3) is 0.462. The van der Waals surface area contributed by atoms with Crippen LogP contribution in [0.15, 0.2) is 18.2 Å². The number of hydrogen-bond donors (Lipinski definition) is 2. The molecule has 1 fully saturated rings. The van der Waals surface area contributed by atoms with Gasteiger partial charge < -0.3 is 15.8 Å². The van der Waals surface area contributed by atoms with Crippen LogP contribution >= 0.6 is 0 Å². The molecule has 2 atom stereocenters. The van der Waals surface area contributed by atoms with Crippen LogP contribution in [0.3, 0.4) is 0 Å². The summed E-state index contributed by atoms with van der Waals surface area (Å²) in [6.45, 7) is 0. The fourth-order valence-corrected chi connectivity index (χ4v) is 2.31. The molecule has 7 nitrogen and oxygen atoms in total. The largest absolute Gasteiger partial charge is 0.483 e. The topological polar surface area (TPSA) is 107 Å². The van der Waals surface area contributed by atoms with Gasteiger partial charge in [0.25, 0.3) is 5.91 Å². The van der Waals surface area contributed by atoms with Crippen molar-refractivity contribution in [2.75, 3.05) is 7.05 Å². The monoisotopic (exact) mass is 279 g/mol. The quantitative estimate of drug-likeness (QED) is 0.636. The van der Waals surface area contributed by atoms with E-state index in [2.05, 4.69) is 5.32 Å². The Bertz CT molecular complexity index is 532. The summed E-state index contributed by atoms with van der Waals surface area (Å²) in [5.41, 5.74) is 5.82. The first-order chi connectivity index (χ1) is 9.51. The summed E-state index contributed by atoms with van der Waals surface area (Å²) >= 11 is 0. The predicted octanol–water partition coefficient (Wildman–Crippen LogP) is 1.21. The van der Waals surface area contributed by atoms with Gasteiger partial charge in [0.2, 0.25) is 0 Å². The molecule has 0 saturated heterocycles. The molecule has 0 heterocycles. The van der Waals surface area contributed by atoms with Crippen molar-refractivity contribution < 1.29 is 14.5 Å². The first kappa shape index (κ1) is 14.3. The minimum Gasteiger partial charge on any atom is -0.483 e. The van der Waals surface area contributed by atoms with Crippen molar-refractivity contribution >= 4 is 11.6 Å². The van der Waals surface area contributed by atoms with E-state index >= 15 is 0 Å². The minimum absolute atomic E-state index is 0.0872. The van der Waals surface area contributed by atoms with Gasteiger partial charge in [-0.25, -0.2) is 0 Å². The Balaban J connectivity index is 2.23. The van der Waals surface area contributed by atoms with Crippen molar-refractivity contribution in [3.05, 3.63) is 33.9 Å². The Morgan fingerprint density at radius 1 is 1.50 bits per heavy atom. The van der Waals surface area contributed by atoms with E-state index < -0.39 is 4.92 Å². The number of amides is 1. The molecule has 1 aromatic rings. The van der Waals surface area contributed by atoms with Gasteiger partial charge in [0.05, 0.1) is 4.92 Å². The van der Waals surface area contributed by atoms with Crippen LogP contribution in [-0.4, -0.2) is 30.0 Å². The first-order valence-electron chi connectivity index (χ1n) is 6.44. The second kappa shape index (κ2) is 5.87. The molecule has 0 spiro atoms. The van der Waals surface area contributed by atoms with Gasteiger partial charge in [-0.05, 0) is 31.4 Å². The van der Waals surface area contributed by atoms with Crippen LogP contribution in [0.4, 0.5) is 5.69 Å². The third-order valence-corrected chi connectivity index (χ3v) is 3.36. The van der Waals surface area contributed by atoms with Gasteiger partial charge in [-0.2, -0.15) is 0 Å². The molecule has 0 radical (unpaired) electrons. The van der Waals surface area contributed by atoms with Gasteiger partial charge in [-0.1, -0.05) is 0 Å². The summed E-state index contributed by atoms with van der Waals surface area (Å²) in [4.78, 5) is 22.0. The van der Waals surface area contributed by atoms with E-state index in [0.29, 0.717) is 6.42 Å². The van der Waals surface area contributed by atoms with Crippen molar-refractivity contribution in [3.63, 3.8) is 0 Å². The summed E-state index contributed by atoms with van der Waals surface area (Å²) in [6, 6.07) is 4.29. The highest BCUT2D eigenvalue weighted by molar-refractivity contribution is 5.94. The molecule has 1 saturated carbocycles. The molecule has 7 heteroatoms. The second-order valence-corrected chi connectivity index (χ2v) is 4.83. The lowest BCUT2D eigenvalue weighted by atomic mass is 10.1. The van der Waals surface area contributed by atoms with Crippen LogP contribution in [0.25, 0.3) is 0 Å². The van der Waals surface area contributed by atoms with Crippen molar-refractivity contribution in [3.8, 4) is 5.75 Å². The Hall–Kier alpha value is -2.15. The molecule has 1 aliphatic carbocycles. The van der Waals surface area contributed by atoms with Gasteiger partial charge in [-0.15, -0.1) is 0 Å². The highest BCUT2D eigenvalue weighted by atomic mass is 16.6. The van der Waals surface area contributed by atoms with Crippen molar-refractivity contribution in [1.82, 2.24) is 5.32 Å². The molecule has 0 aliphatic heterocycles. The van der Waals surface area contributed by atoms with E-state index in [4.69, 9.17) is 10.5 Å². The number of ether oxygens (including phenoxy) is 1. The zero-order valence-corrected chi connectivity index (χ0v) is 11.2. The summed E-state index contributed by atoms with van der Waals surface area (Å²) in [5, 5.41) is 13.5. The third kappa shape index (κ3) is 3.05.